The first-order valence-corrected chi connectivity index (χ1v) is 6.25. The molecular weight excluding hydrogens is 258 g/mol. The van der Waals surface area contributed by atoms with Crippen LogP contribution < -0.4 is 5.32 Å². The molecule has 1 aromatic heterocycles. The minimum Gasteiger partial charge on any atom is -0.466 e. The van der Waals surface area contributed by atoms with Crippen molar-refractivity contribution >= 4 is 17.7 Å². The van der Waals surface area contributed by atoms with Crippen molar-refractivity contribution in [2.75, 3.05) is 11.9 Å². The van der Waals surface area contributed by atoms with Crippen LogP contribution in [0.25, 0.3) is 5.69 Å². The normalized spacial score (nSPS) is 10.1. The molecule has 0 fully saturated rings. The van der Waals surface area contributed by atoms with E-state index in [2.05, 4.69) is 10.4 Å². The molecule has 2 rings (SSSR count). The predicted octanol–water partition coefficient (Wildman–Crippen LogP) is 1.76. The molecule has 1 amide bonds. The maximum absolute atomic E-state index is 11.6. The average Bonchev–Trinajstić information content (AvgIpc) is 2.88. The first kappa shape index (κ1) is 13.8. The highest BCUT2D eigenvalue weighted by atomic mass is 16.5. The van der Waals surface area contributed by atoms with Crippen LogP contribution >= 0.6 is 0 Å². The monoisotopic (exact) mass is 273 g/mol. The van der Waals surface area contributed by atoms with E-state index in [9.17, 15) is 9.59 Å². The standard InChI is InChI=1S/C14H15N3O3/c1-2-20-14(19)10-13(18)15-12-8-9-17(16-12)11-6-4-3-5-7-11/h3-9H,2,10H2,1H3,(H,15,16,18). The molecule has 0 aliphatic carbocycles. The first-order chi connectivity index (χ1) is 9.69. The lowest BCUT2D eigenvalue weighted by molar-refractivity contribution is -0.145. The first-order valence-electron chi connectivity index (χ1n) is 6.25. The Balaban J connectivity index is 1.96. The number of nitrogens with zero attached hydrogens (tertiary/aromatic N) is 2. The van der Waals surface area contributed by atoms with Gasteiger partial charge in [0.25, 0.3) is 0 Å². The molecule has 20 heavy (non-hydrogen) atoms. The third kappa shape index (κ3) is 3.68. The SMILES string of the molecule is CCOC(=O)CC(=O)Nc1ccn(-c2ccccc2)n1. The number of nitrogens with one attached hydrogen (secondary N) is 1. The van der Waals surface area contributed by atoms with E-state index < -0.39 is 11.9 Å². The molecule has 6 heteroatoms. The van der Waals surface area contributed by atoms with Crippen LogP contribution in [-0.2, 0) is 14.3 Å². The molecule has 1 N–H and O–H groups in total. The number of amides is 1. The van der Waals surface area contributed by atoms with Crippen LogP contribution in [0.1, 0.15) is 13.3 Å². The average molecular weight is 273 g/mol. The molecule has 1 aromatic carbocycles. The van der Waals surface area contributed by atoms with Gasteiger partial charge in [-0.25, -0.2) is 4.68 Å². The van der Waals surface area contributed by atoms with E-state index in [1.165, 1.54) is 0 Å². The van der Waals surface area contributed by atoms with E-state index in [0.717, 1.165) is 5.69 Å². The number of aromatic nitrogens is 2. The van der Waals surface area contributed by atoms with Crippen LogP contribution in [0.3, 0.4) is 0 Å². The van der Waals surface area contributed by atoms with Crippen LogP contribution in [0.4, 0.5) is 5.82 Å². The third-order valence-corrected chi connectivity index (χ3v) is 2.49. The van der Waals surface area contributed by atoms with Crippen LogP contribution in [0.2, 0.25) is 0 Å². The van der Waals surface area contributed by atoms with Crippen molar-refractivity contribution in [1.82, 2.24) is 9.78 Å². The van der Waals surface area contributed by atoms with Crippen molar-refractivity contribution in [3.8, 4) is 5.69 Å². The lowest BCUT2D eigenvalue weighted by Crippen LogP contribution is -2.18. The molecule has 0 radical (unpaired) electrons. The maximum atomic E-state index is 11.6. The largest absolute Gasteiger partial charge is 0.466 e. The van der Waals surface area contributed by atoms with Crippen molar-refractivity contribution in [3.05, 3.63) is 42.6 Å². The fraction of sp³-hybridized carbons (Fsp3) is 0.214. The number of para-hydroxylation sites is 1. The fourth-order valence-electron chi connectivity index (χ4n) is 1.65. The van der Waals surface area contributed by atoms with E-state index in [4.69, 9.17) is 4.74 Å². The van der Waals surface area contributed by atoms with Crippen LogP contribution in [0.5, 0.6) is 0 Å². The zero-order valence-electron chi connectivity index (χ0n) is 11.1. The zero-order chi connectivity index (χ0) is 14.4. The van der Waals surface area contributed by atoms with Gasteiger partial charge in [-0.15, -0.1) is 0 Å². The summed E-state index contributed by atoms with van der Waals surface area (Å²) >= 11 is 0. The van der Waals surface area contributed by atoms with Gasteiger partial charge in [0.05, 0.1) is 12.3 Å². The number of benzene rings is 1. The molecular formula is C14H15N3O3. The summed E-state index contributed by atoms with van der Waals surface area (Å²) in [5, 5.41) is 6.76. The van der Waals surface area contributed by atoms with Gasteiger partial charge in [-0.1, -0.05) is 18.2 Å². The van der Waals surface area contributed by atoms with Gasteiger partial charge in [0, 0.05) is 12.3 Å². The van der Waals surface area contributed by atoms with Gasteiger partial charge < -0.3 is 10.1 Å². The van der Waals surface area contributed by atoms with Crippen molar-refractivity contribution in [3.63, 3.8) is 0 Å². The van der Waals surface area contributed by atoms with Gasteiger partial charge in [0.1, 0.15) is 6.42 Å². The molecule has 0 spiro atoms. The van der Waals surface area contributed by atoms with Gasteiger partial charge in [-0.3, -0.25) is 9.59 Å². The second-order valence-corrected chi connectivity index (χ2v) is 4.01. The van der Waals surface area contributed by atoms with Gasteiger partial charge in [-0.05, 0) is 19.1 Å². The minimum atomic E-state index is -0.549. The molecule has 0 aliphatic rings. The number of anilines is 1. The Labute approximate surface area is 116 Å². The zero-order valence-corrected chi connectivity index (χ0v) is 11.1. The molecule has 0 aliphatic heterocycles. The van der Waals surface area contributed by atoms with Gasteiger partial charge >= 0.3 is 5.97 Å². The molecule has 1 heterocycles. The van der Waals surface area contributed by atoms with Gasteiger partial charge in [0.15, 0.2) is 5.82 Å². The molecule has 0 saturated heterocycles. The van der Waals surface area contributed by atoms with Crippen LogP contribution in [-0.4, -0.2) is 28.3 Å². The minimum absolute atomic E-state index is 0.259. The van der Waals surface area contributed by atoms with Crippen molar-refractivity contribution in [2.45, 2.75) is 13.3 Å². The summed E-state index contributed by atoms with van der Waals surface area (Å²) in [6, 6.07) is 11.2. The van der Waals surface area contributed by atoms with E-state index in [0.29, 0.717) is 5.82 Å². The highest BCUT2D eigenvalue weighted by Crippen LogP contribution is 2.10. The lowest BCUT2D eigenvalue weighted by atomic mass is 10.3. The Morgan fingerprint density at radius 2 is 2.00 bits per heavy atom. The topological polar surface area (TPSA) is 73.2 Å². The summed E-state index contributed by atoms with van der Waals surface area (Å²) in [4.78, 5) is 22.7. The Morgan fingerprint density at radius 1 is 1.25 bits per heavy atom. The molecule has 104 valence electrons. The molecule has 0 saturated carbocycles. The molecule has 0 unspecified atom stereocenters. The molecule has 0 atom stereocenters. The van der Waals surface area contributed by atoms with Crippen LogP contribution in [0, 0.1) is 0 Å². The number of rotatable bonds is 5. The summed E-state index contributed by atoms with van der Waals surface area (Å²) in [6.45, 7) is 1.95. The summed E-state index contributed by atoms with van der Waals surface area (Å²) < 4.78 is 6.34. The second kappa shape index (κ2) is 6.51. The lowest BCUT2D eigenvalue weighted by Gasteiger charge is -2.02. The smallest absolute Gasteiger partial charge is 0.315 e. The maximum Gasteiger partial charge on any atom is 0.315 e. The predicted molar refractivity (Wildman–Crippen MR) is 73.4 cm³/mol. The van der Waals surface area contributed by atoms with E-state index in [-0.39, 0.29) is 13.0 Å². The highest BCUT2D eigenvalue weighted by Gasteiger charge is 2.11. The summed E-state index contributed by atoms with van der Waals surface area (Å²) in [5.41, 5.74) is 0.887. The summed E-state index contributed by atoms with van der Waals surface area (Å²) in [5.74, 6) is -0.600. The Bertz CT molecular complexity index is 593. The number of ether oxygens (including phenoxy) is 1. The third-order valence-electron chi connectivity index (χ3n) is 2.49. The fourth-order valence-corrected chi connectivity index (χ4v) is 1.65. The Kier molecular flexibility index (Phi) is 4.49. The van der Waals surface area contributed by atoms with E-state index in [1.807, 2.05) is 30.3 Å². The highest BCUT2D eigenvalue weighted by molar-refractivity contribution is 6.01. The van der Waals surface area contributed by atoms with Crippen molar-refractivity contribution < 1.29 is 14.3 Å². The molecule has 0 bridgehead atoms. The number of esters is 1. The number of hydrogen-bond acceptors (Lipinski definition) is 4. The van der Waals surface area contributed by atoms with Crippen molar-refractivity contribution in [1.29, 1.82) is 0 Å². The molecule has 6 nitrogen and oxygen atoms in total. The van der Waals surface area contributed by atoms with Crippen molar-refractivity contribution in [2.24, 2.45) is 0 Å². The van der Waals surface area contributed by atoms with E-state index in [1.54, 1.807) is 23.9 Å². The molecule has 2 aromatic rings. The number of carbonyl (C=O) groups excluding carboxylic acids is 2. The number of carbonyl (C=O) groups is 2. The second-order valence-electron chi connectivity index (χ2n) is 4.01. The quantitative estimate of drug-likeness (QED) is 0.665. The summed E-state index contributed by atoms with van der Waals surface area (Å²) in [6.07, 6.45) is 1.42. The Morgan fingerprint density at radius 3 is 2.70 bits per heavy atom. The van der Waals surface area contributed by atoms with Crippen LogP contribution in [0.15, 0.2) is 42.6 Å². The Hall–Kier alpha value is -2.63. The summed E-state index contributed by atoms with van der Waals surface area (Å²) in [7, 11) is 0. The van der Waals surface area contributed by atoms with E-state index >= 15 is 0 Å². The number of hydrogen-bond donors (Lipinski definition) is 1. The van der Waals surface area contributed by atoms with Gasteiger partial charge in [-0.2, -0.15) is 5.10 Å². The van der Waals surface area contributed by atoms with Gasteiger partial charge in [0.2, 0.25) is 5.91 Å².